The summed E-state index contributed by atoms with van der Waals surface area (Å²) in [7, 11) is 0. The van der Waals surface area contributed by atoms with Crippen molar-refractivity contribution in [2.24, 2.45) is 4.99 Å². The molecule has 134 valence electrons. The third-order valence-electron chi connectivity index (χ3n) is 3.83. The fraction of sp³-hybridized carbons (Fsp3) is 0.222. The lowest BCUT2D eigenvalue weighted by Crippen LogP contribution is -2.35. The summed E-state index contributed by atoms with van der Waals surface area (Å²) >= 11 is 7.43. The number of Topliss-reactive ketones (excluding diaryl/α,β-unsaturated/α-hetero) is 1. The van der Waals surface area contributed by atoms with Gasteiger partial charge in [-0.25, -0.2) is 0 Å². The van der Waals surface area contributed by atoms with Gasteiger partial charge in [-0.15, -0.1) is 0 Å². The van der Waals surface area contributed by atoms with Crippen LogP contribution in [-0.2, 0) is 0 Å². The predicted molar refractivity (Wildman–Crippen MR) is 106 cm³/mol. The van der Waals surface area contributed by atoms with E-state index in [9.17, 15) is 14.9 Å². The minimum absolute atomic E-state index is 0.0205. The minimum atomic E-state index is -0.446. The number of ketones is 1. The number of nitro benzene ring substituents is 1. The number of hydrogen-bond acceptors (Lipinski definition) is 6. The highest BCUT2D eigenvalue weighted by atomic mass is 35.5. The van der Waals surface area contributed by atoms with Crippen molar-refractivity contribution in [1.82, 2.24) is 0 Å². The Morgan fingerprint density at radius 3 is 2.69 bits per heavy atom. The Morgan fingerprint density at radius 1 is 1.27 bits per heavy atom. The topological polar surface area (TPSA) is 75.8 Å². The second kappa shape index (κ2) is 8.33. The maximum Gasteiger partial charge on any atom is 0.271 e. The van der Waals surface area contributed by atoms with Gasteiger partial charge in [0.1, 0.15) is 0 Å². The van der Waals surface area contributed by atoms with E-state index in [1.54, 1.807) is 53.1 Å². The van der Waals surface area contributed by atoms with E-state index in [2.05, 4.69) is 4.99 Å². The Balaban J connectivity index is 1.92. The molecule has 0 amide bonds. The summed E-state index contributed by atoms with van der Waals surface area (Å²) in [6, 6.07) is 12.9. The average molecular weight is 390 g/mol. The summed E-state index contributed by atoms with van der Waals surface area (Å²) < 4.78 is 0. The van der Waals surface area contributed by atoms with Gasteiger partial charge >= 0.3 is 0 Å². The summed E-state index contributed by atoms with van der Waals surface area (Å²) in [6.45, 7) is 0.734. The van der Waals surface area contributed by atoms with Gasteiger partial charge in [-0.05, 0) is 36.8 Å². The first-order valence-electron chi connectivity index (χ1n) is 8.02. The van der Waals surface area contributed by atoms with Crippen molar-refractivity contribution >= 4 is 45.7 Å². The number of aliphatic imine (C=N–C) groups is 1. The van der Waals surface area contributed by atoms with Crippen LogP contribution in [0.15, 0.2) is 53.5 Å². The smallest absolute Gasteiger partial charge is 0.271 e. The molecule has 3 rings (SSSR count). The van der Waals surface area contributed by atoms with Crippen LogP contribution in [0.2, 0.25) is 5.02 Å². The van der Waals surface area contributed by atoms with Crippen LogP contribution in [0.3, 0.4) is 0 Å². The lowest BCUT2D eigenvalue weighted by Gasteiger charge is -2.27. The molecule has 1 aliphatic heterocycles. The molecular formula is C18H16ClN3O3S. The van der Waals surface area contributed by atoms with Crippen LogP contribution >= 0.6 is 23.4 Å². The molecule has 0 fully saturated rings. The Labute approximate surface area is 160 Å². The third kappa shape index (κ3) is 4.42. The molecule has 2 aromatic rings. The number of thioether (sulfide) groups is 1. The molecule has 0 unspecified atom stereocenters. The molecule has 2 aromatic carbocycles. The van der Waals surface area contributed by atoms with Crippen molar-refractivity contribution in [2.45, 2.75) is 6.42 Å². The highest BCUT2D eigenvalue weighted by Crippen LogP contribution is 2.26. The second-order valence-corrected chi connectivity index (χ2v) is 7.16. The lowest BCUT2D eigenvalue weighted by molar-refractivity contribution is -0.384. The molecule has 0 aliphatic carbocycles. The molecule has 0 radical (unpaired) electrons. The first-order chi connectivity index (χ1) is 12.5. The highest BCUT2D eigenvalue weighted by Gasteiger charge is 2.22. The summed E-state index contributed by atoms with van der Waals surface area (Å²) in [5.41, 5.74) is 1.09. The third-order valence-corrected chi connectivity index (χ3v) is 5.18. The SMILES string of the molecule is O=C(CN(C1=NCCCS1)c1cccc([N+](=O)[O-])c1)c1ccc(Cl)cc1. The first-order valence-corrected chi connectivity index (χ1v) is 9.39. The number of non-ortho nitro benzene ring substituents is 1. The monoisotopic (exact) mass is 389 g/mol. The van der Waals surface area contributed by atoms with Gasteiger partial charge in [0.25, 0.3) is 5.69 Å². The number of nitrogens with zero attached hydrogens (tertiary/aromatic N) is 3. The zero-order valence-electron chi connectivity index (χ0n) is 13.8. The van der Waals surface area contributed by atoms with Crippen LogP contribution in [0.25, 0.3) is 0 Å². The Hall–Kier alpha value is -2.38. The normalized spacial score (nSPS) is 13.8. The standard InChI is InChI=1S/C18H16ClN3O3S/c19-14-7-5-13(6-8-14)17(23)12-21(18-20-9-2-10-26-18)15-3-1-4-16(11-15)22(24)25/h1,3-8,11H,2,9-10,12H2. The predicted octanol–water partition coefficient (Wildman–Crippen LogP) is 4.43. The number of halogens is 1. The van der Waals surface area contributed by atoms with Crippen LogP contribution in [0.5, 0.6) is 0 Å². The highest BCUT2D eigenvalue weighted by molar-refractivity contribution is 8.14. The zero-order valence-corrected chi connectivity index (χ0v) is 15.4. The van der Waals surface area contributed by atoms with Crippen LogP contribution in [0, 0.1) is 10.1 Å². The number of carbonyl (C=O) groups excluding carboxylic acids is 1. The van der Waals surface area contributed by atoms with Gasteiger partial charge < -0.3 is 4.90 Å². The van der Waals surface area contributed by atoms with Crippen LogP contribution in [0.4, 0.5) is 11.4 Å². The van der Waals surface area contributed by atoms with Gasteiger partial charge in [-0.3, -0.25) is 19.9 Å². The molecule has 0 saturated heterocycles. The maximum atomic E-state index is 12.7. The van der Waals surface area contributed by atoms with Gasteiger partial charge in [-0.1, -0.05) is 29.4 Å². The van der Waals surface area contributed by atoms with Gasteiger partial charge in [-0.2, -0.15) is 0 Å². The lowest BCUT2D eigenvalue weighted by atomic mass is 10.1. The Morgan fingerprint density at radius 2 is 2.04 bits per heavy atom. The zero-order chi connectivity index (χ0) is 18.5. The van der Waals surface area contributed by atoms with Crippen molar-refractivity contribution in [1.29, 1.82) is 0 Å². The largest absolute Gasteiger partial charge is 0.313 e. The molecule has 0 atom stereocenters. The van der Waals surface area contributed by atoms with Crippen LogP contribution < -0.4 is 4.90 Å². The van der Waals surface area contributed by atoms with Crippen molar-refractivity contribution in [3.8, 4) is 0 Å². The molecule has 0 saturated carbocycles. The van der Waals surface area contributed by atoms with Gasteiger partial charge in [0.2, 0.25) is 0 Å². The van der Waals surface area contributed by atoms with E-state index in [-0.39, 0.29) is 18.0 Å². The summed E-state index contributed by atoms with van der Waals surface area (Å²) in [5, 5.41) is 12.4. The number of benzene rings is 2. The molecule has 0 N–H and O–H groups in total. The molecule has 26 heavy (non-hydrogen) atoms. The van der Waals surface area contributed by atoms with E-state index >= 15 is 0 Å². The number of nitro groups is 1. The number of carbonyl (C=O) groups is 1. The van der Waals surface area contributed by atoms with Crippen LogP contribution in [-0.4, -0.2) is 34.7 Å². The van der Waals surface area contributed by atoms with E-state index in [0.717, 1.165) is 12.2 Å². The number of anilines is 1. The summed E-state index contributed by atoms with van der Waals surface area (Å²) in [6.07, 6.45) is 0.974. The molecule has 0 aromatic heterocycles. The van der Waals surface area contributed by atoms with Gasteiger partial charge in [0, 0.05) is 35.0 Å². The number of amidine groups is 1. The molecular weight excluding hydrogens is 374 g/mol. The quantitative estimate of drug-likeness (QED) is 0.429. The molecule has 6 nitrogen and oxygen atoms in total. The average Bonchev–Trinajstić information content (AvgIpc) is 2.67. The van der Waals surface area contributed by atoms with E-state index in [0.29, 0.717) is 28.0 Å². The maximum absolute atomic E-state index is 12.7. The molecule has 0 spiro atoms. The summed E-state index contributed by atoms with van der Waals surface area (Å²) in [4.78, 5) is 29.6. The number of hydrogen-bond donors (Lipinski definition) is 0. The van der Waals surface area contributed by atoms with Crippen molar-refractivity contribution in [3.05, 3.63) is 69.2 Å². The summed E-state index contributed by atoms with van der Waals surface area (Å²) in [5.74, 6) is 0.793. The second-order valence-electron chi connectivity index (χ2n) is 5.66. The minimum Gasteiger partial charge on any atom is -0.313 e. The molecule has 1 heterocycles. The Kier molecular flexibility index (Phi) is 5.90. The first kappa shape index (κ1) is 18.4. The fourth-order valence-corrected chi connectivity index (χ4v) is 3.62. The fourth-order valence-electron chi connectivity index (χ4n) is 2.53. The van der Waals surface area contributed by atoms with E-state index < -0.39 is 4.92 Å². The van der Waals surface area contributed by atoms with E-state index in [1.807, 2.05) is 0 Å². The molecule has 0 bridgehead atoms. The van der Waals surface area contributed by atoms with E-state index in [4.69, 9.17) is 11.6 Å². The number of rotatable bonds is 5. The molecule has 8 heteroatoms. The Bertz CT molecular complexity index is 855. The van der Waals surface area contributed by atoms with Crippen LogP contribution in [0.1, 0.15) is 16.8 Å². The molecule has 1 aliphatic rings. The van der Waals surface area contributed by atoms with Crippen molar-refractivity contribution in [2.75, 3.05) is 23.7 Å². The van der Waals surface area contributed by atoms with Gasteiger partial charge in [0.05, 0.1) is 17.2 Å². The van der Waals surface area contributed by atoms with Crippen molar-refractivity contribution in [3.63, 3.8) is 0 Å². The van der Waals surface area contributed by atoms with E-state index in [1.165, 1.54) is 12.1 Å². The van der Waals surface area contributed by atoms with Gasteiger partial charge in [0.15, 0.2) is 11.0 Å². The van der Waals surface area contributed by atoms with Crippen molar-refractivity contribution < 1.29 is 9.72 Å².